The van der Waals surface area contributed by atoms with E-state index < -0.39 is 23.5 Å². The molecule has 0 radical (unpaired) electrons. The number of aryl methyl sites for hydroxylation is 1. The van der Waals surface area contributed by atoms with Crippen molar-refractivity contribution in [2.24, 2.45) is 4.99 Å². The van der Waals surface area contributed by atoms with Crippen LogP contribution in [-0.2, 0) is 9.53 Å². The van der Waals surface area contributed by atoms with Gasteiger partial charge in [-0.25, -0.2) is 9.18 Å². The number of nitrogens with zero attached hydrogens (tertiary/aromatic N) is 1. The maximum atomic E-state index is 14.8. The maximum Gasteiger partial charge on any atom is 0.337 e. The van der Waals surface area contributed by atoms with E-state index in [1.165, 1.54) is 12.1 Å². The lowest BCUT2D eigenvalue weighted by Crippen LogP contribution is -2.28. The molecule has 1 N–H and O–H groups in total. The van der Waals surface area contributed by atoms with Crippen LogP contribution in [0.25, 0.3) is 28.0 Å². The first-order valence-corrected chi connectivity index (χ1v) is 10.4. The van der Waals surface area contributed by atoms with Gasteiger partial charge in [0.1, 0.15) is 5.82 Å². The van der Waals surface area contributed by atoms with Crippen LogP contribution in [0.15, 0.2) is 53.5 Å². The van der Waals surface area contributed by atoms with Crippen LogP contribution in [0.3, 0.4) is 0 Å². The van der Waals surface area contributed by atoms with Gasteiger partial charge in [0.25, 0.3) is 0 Å². The minimum atomic E-state index is -1.25. The zero-order valence-electron chi connectivity index (χ0n) is 19.1. The van der Waals surface area contributed by atoms with E-state index in [2.05, 4.69) is 11.7 Å². The van der Waals surface area contributed by atoms with Crippen molar-refractivity contribution in [2.75, 3.05) is 0 Å². The molecule has 0 aliphatic rings. The number of hydrogen-bond acceptors (Lipinski definition) is 3. The van der Waals surface area contributed by atoms with Gasteiger partial charge in [-0.1, -0.05) is 42.5 Å². The molecule has 3 aromatic carbocycles. The number of hydrogen-bond donors (Lipinski definition) is 1. The fraction of sp³-hybridized carbons (Fsp3) is 0.259. The summed E-state index contributed by atoms with van der Waals surface area (Å²) in [4.78, 5) is 16.6. The third kappa shape index (κ3) is 4.63. The number of aliphatic carboxylic acids is 1. The number of carbonyl (C=O) groups is 1. The smallest absolute Gasteiger partial charge is 0.337 e. The molecule has 5 heteroatoms. The average Bonchev–Trinajstić information content (AvgIpc) is 2.70. The second-order valence-corrected chi connectivity index (χ2v) is 8.70. The molecule has 0 amide bonds. The molecular weight excluding hydrogens is 405 g/mol. The van der Waals surface area contributed by atoms with E-state index in [4.69, 9.17) is 4.74 Å². The minimum absolute atomic E-state index is 0.444. The van der Waals surface area contributed by atoms with Gasteiger partial charge in [-0.15, -0.1) is 0 Å². The van der Waals surface area contributed by atoms with Crippen molar-refractivity contribution in [1.82, 2.24) is 0 Å². The standard InChI is InChI=1S/C27H28FNO3/c1-7-10-18-14-19(28)15-21(24(18)29-6)23-20-12-9-8-11-17(20)13-16(2)22(23)25(26(30)31)32-27(3,4)5/h7-15,25H,6H2,1-5H3,(H,30,31). The molecule has 0 aliphatic heterocycles. The van der Waals surface area contributed by atoms with Crippen molar-refractivity contribution >= 4 is 35.2 Å². The molecule has 0 bridgehead atoms. The molecule has 1 unspecified atom stereocenters. The van der Waals surface area contributed by atoms with Gasteiger partial charge < -0.3 is 9.84 Å². The Morgan fingerprint density at radius 2 is 1.91 bits per heavy atom. The third-order valence-electron chi connectivity index (χ3n) is 5.13. The summed E-state index contributed by atoms with van der Waals surface area (Å²) in [5, 5.41) is 11.8. The molecular formula is C27H28FNO3. The van der Waals surface area contributed by atoms with Crippen molar-refractivity contribution in [3.63, 3.8) is 0 Å². The van der Waals surface area contributed by atoms with E-state index >= 15 is 0 Å². The van der Waals surface area contributed by atoms with Crippen molar-refractivity contribution < 1.29 is 19.0 Å². The van der Waals surface area contributed by atoms with E-state index in [-0.39, 0.29) is 0 Å². The summed E-state index contributed by atoms with van der Waals surface area (Å²) < 4.78 is 20.8. The van der Waals surface area contributed by atoms with Gasteiger partial charge in [0.05, 0.1) is 11.3 Å². The highest BCUT2D eigenvalue weighted by Crippen LogP contribution is 2.45. The lowest BCUT2D eigenvalue weighted by molar-refractivity contribution is -0.160. The zero-order valence-corrected chi connectivity index (χ0v) is 19.1. The summed E-state index contributed by atoms with van der Waals surface area (Å²) in [6, 6.07) is 12.3. The van der Waals surface area contributed by atoms with Crippen LogP contribution in [-0.4, -0.2) is 23.4 Å². The van der Waals surface area contributed by atoms with E-state index in [0.717, 1.165) is 16.3 Å². The van der Waals surface area contributed by atoms with Crippen LogP contribution in [0, 0.1) is 12.7 Å². The Labute approximate surface area is 188 Å². The van der Waals surface area contributed by atoms with Crippen LogP contribution < -0.4 is 0 Å². The van der Waals surface area contributed by atoms with Gasteiger partial charge in [-0.3, -0.25) is 4.99 Å². The SMILES string of the molecule is C=Nc1c(C=CC)cc(F)cc1-c1c(C(OC(C)(C)C)C(=O)O)c(C)cc2ccccc12. The minimum Gasteiger partial charge on any atom is -0.479 e. The molecule has 0 aromatic heterocycles. The maximum absolute atomic E-state index is 14.8. The second kappa shape index (κ2) is 9.05. The van der Waals surface area contributed by atoms with Gasteiger partial charge >= 0.3 is 5.97 Å². The average molecular weight is 434 g/mol. The Hall–Kier alpha value is -3.31. The van der Waals surface area contributed by atoms with Gasteiger partial charge in [0.15, 0.2) is 6.10 Å². The Balaban J connectivity index is 2.53. The molecule has 166 valence electrons. The van der Waals surface area contributed by atoms with Gasteiger partial charge in [0, 0.05) is 16.7 Å². The first kappa shape index (κ1) is 23.4. The van der Waals surface area contributed by atoms with Crippen LogP contribution in [0.2, 0.25) is 0 Å². The number of fused-ring (bicyclic) bond motifs is 1. The molecule has 0 aliphatic carbocycles. The normalized spacial score (nSPS) is 12.9. The van der Waals surface area contributed by atoms with Crippen LogP contribution in [0.5, 0.6) is 0 Å². The summed E-state index contributed by atoms with van der Waals surface area (Å²) in [5.41, 5.74) is 2.63. The third-order valence-corrected chi connectivity index (χ3v) is 5.13. The molecule has 0 spiro atoms. The quantitative estimate of drug-likeness (QED) is 0.416. The molecule has 0 saturated carbocycles. The zero-order chi connectivity index (χ0) is 23.6. The first-order valence-electron chi connectivity index (χ1n) is 10.4. The lowest BCUT2D eigenvalue weighted by atomic mass is 9.85. The first-order chi connectivity index (χ1) is 15.1. The van der Waals surface area contributed by atoms with Crippen molar-refractivity contribution in [3.8, 4) is 11.1 Å². The lowest BCUT2D eigenvalue weighted by Gasteiger charge is -2.29. The highest BCUT2D eigenvalue weighted by molar-refractivity contribution is 6.04. The highest BCUT2D eigenvalue weighted by Gasteiger charge is 2.32. The summed E-state index contributed by atoms with van der Waals surface area (Å²) >= 11 is 0. The summed E-state index contributed by atoms with van der Waals surface area (Å²) in [6.07, 6.45) is 2.31. The molecule has 32 heavy (non-hydrogen) atoms. The number of allylic oxidation sites excluding steroid dienone is 1. The fourth-order valence-electron chi connectivity index (χ4n) is 4.01. The predicted molar refractivity (Wildman–Crippen MR) is 129 cm³/mol. The van der Waals surface area contributed by atoms with Gasteiger partial charge in [0.2, 0.25) is 0 Å². The molecule has 1 atom stereocenters. The summed E-state index contributed by atoms with van der Waals surface area (Å²) in [7, 11) is 0. The van der Waals surface area contributed by atoms with Crippen molar-refractivity contribution in [2.45, 2.75) is 46.3 Å². The molecule has 0 saturated heterocycles. The Morgan fingerprint density at radius 1 is 1.22 bits per heavy atom. The molecule has 3 aromatic rings. The molecule has 0 fully saturated rings. The van der Waals surface area contributed by atoms with E-state index in [1.807, 2.05) is 65.0 Å². The number of rotatable bonds is 6. The van der Waals surface area contributed by atoms with Crippen molar-refractivity contribution in [1.29, 1.82) is 0 Å². The van der Waals surface area contributed by atoms with Gasteiger partial charge in [-0.05, 0) is 75.4 Å². The topological polar surface area (TPSA) is 58.9 Å². The van der Waals surface area contributed by atoms with Crippen LogP contribution >= 0.6 is 0 Å². The fourth-order valence-corrected chi connectivity index (χ4v) is 4.01. The number of halogens is 1. The molecule has 0 heterocycles. The summed E-state index contributed by atoms with van der Waals surface area (Å²) in [5.74, 6) is -1.56. The van der Waals surface area contributed by atoms with Crippen molar-refractivity contribution in [3.05, 3.63) is 71.0 Å². The predicted octanol–water partition coefficient (Wildman–Crippen LogP) is 7.26. The highest BCUT2D eigenvalue weighted by atomic mass is 19.1. The number of aliphatic imine (C=N–C) groups is 1. The van der Waals surface area contributed by atoms with E-state index in [0.29, 0.717) is 27.9 Å². The van der Waals surface area contributed by atoms with E-state index in [1.54, 1.807) is 12.2 Å². The van der Waals surface area contributed by atoms with E-state index in [9.17, 15) is 14.3 Å². The largest absolute Gasteiger partial charge is 0.479 e. The number of carboxylic acid groups (broad SMARTS) is 1. The Morgan fingerprint density at radius 3 is 2.50 bits per heavy atom. The monoisotopic (exact) mass is 433 g/mol. The second-order valence-electron chi connectivity index (χ2n) is 8.70. The Bertz CT molecular complexity index is 1220. The molecule has 4 nitrogen and oxygen atoms in total. The number of benzene rings is 3. The van der Waals surface area contributed by atoms with Crippen LogP contribution in [0.1, 0.15) is 50.5 Å². The number of ether oxygens (including phenoxy) is 1. The Kier molecular flexibility index (Phi) is 6.60. The van der Waals surface area contributed by atoms with Gasteiger partial charge in [-0.2, -0.15) is 0 Å². The molecule has 3 rings (SSSR count). The summed E-state index contributed by atoms with van der Waals surface area (Å²) in [6.45, 7) is 12.8. The number of carboxylic acids is 1. The van der Waals surface area contributed by atoms with Crippen LogP contribution in [0.4, 0.5) is 10.1 Å².